The van der Waals surface area contributed by atoms with Crippen molar-refractivity contribution in [2.45, 2.75) is 36.1 Å². The molecule has 0 heterocycles. The van der Waals surface area contributed by atoms with E-state index in [1.807, 2.05) is 0 Å². The number of rotatable bonds is 8. The van der Waals surface area contributed by atoms with Crippen molar-refractivity contribution in [2.24, 2.45) is 5.41 Å². The molecule has 158 valence electrons. The number of Topliss-reactive ketones (excluding diaryl/α,β-unsaturated/α-hetero) is 1. The quantitative estimate of drug-likeness (QED) is 0.620. The van der Waals surface area contributed by atoms with Crippen LogP contribution in [0.2, 0.25) is 5.02 Å². The van der Waals surface area contributed by atoms with E-state index in [0.717, 1.165) is 25.3 Å². The van der Waals surface area contributed by atoms with Gasteiger partial charge < -0.3 is 10.1 Å². The van der Waals surface area contributed by atoms with Gasteiger partial charge in [0.15, 0.2) is 12.4 Å². The second-order valence-corrected chi connectivity index (χ2v) is 10.0. The van der Waals surface area contributed by atoms with Crippen LogP contribution in [0.5, 0.6) is 5.75 Å². The minimum atomic E-state index is -1.22. The molecule has 3 saturated carbocycles. The van der Waals surface area contributed by atoms with Crippen molar-refractivity contribution >= 4 is 34.1 Å². The molecule has 1 N–H and O–H groups in total. The molecule has 0 radical (unpaired) electrons. The lowest BCUT2D eigenvalue weighted by Gasteiger charge is -2.70. The van der Waals surface area contributed by atoms with Crippen LogP contribution in [0.4, 0.5) is 4.39 Å². The molecular weight excluding hydrogens is 429 g/mol. The number of carbonyl (C=O) groups excluding carboxylic acids is 2. The van der Waals surface area contributed by atoms with E-state index in [-0.39, 0.29) is 40.0 Å². The summed E-state index contributed by atoms with van der Waals surface area (Å²) in [6, 6.07) is 11.0. The molecule has 2 aromatic carbocycles. The first-order valence-corrected chi connectivity index (χ1v) is 11.5. The molecule has 8 heteroatoms. The Morgan fingerprint density at radius 2 is 1.90 bits per heavy atom. The molecular formula is C22H21ClFNO4S. The first-order valence-electron chi connectivity index (χ1n) is 9.56. The summed E-state index contributed by atoms with van der Waals surface area (Å²) in [5.41, 5.74) is 0.149. The molecule has 0 saturated heterocycles. The van der Waals surface area contributed by atoms with E-state index >= 15 is 0 Å². The normalized spacial score (nSPS) is 24.9. The Kier molecular flexibility index (Phi) is 5.45. The maximum Gasteiger partial charge on any atom is 0.258 e. The van der Waals surface area contributed by atoms with Gasteiger partial charge in [-0.15, -0.1) is 0 Å². The number of hydrogen-bond acceptors (Lipinski definition) is 4. The summed E-state index contributed by atoms with van der Waals surface area (Å²) >= 11 is 5.63. The monoisotopic (exact) mass is 449 g/mol. The Bertz CT molecular complexity index is 1040. The van der Waals surface area contributed by atoms with Crippen molar-refractivity contribution < 1.29 is 22.9 Å². The lowest BCUT2D eigenvalue weighted by atomic mass is 9.38. The molecule has 3 fully saturated rings. The SMILES string of the molecule is CS(=O)c1ccccc1C(=O)CC12CC(NC(=O)COc3ccc(Cl)c(F)c3)(C1)C2. The van der Waals surface area contributed by atoms with Crippen LogP contribution in [0.15, 0.2) is 47.4 Å². The average Bonchev–Trinajstić information content (AvgIpc) is 2.66. The van der Waals surface area contributed by atoms with Gasteiger partial charge in [0.05, 0.1) is 15.8 Å². The van der Waals surface area contributed by atoms with Gasteiger partial charge in [-0.25, -0.2) is 4.39 Å². The Balaban J connectivity index is 1.27. The molecule has 0 aliphatic heterocycles. The molecule has 0 spiro atoms. The molecule has 2 bridgehead atoms. The largest absolute Gasteiger partial charge is 0.484 e. The fourth-order valence-electron chi connectivity index (χ4n) is 4.75. The Hall–Kier alpha value is -2.25. The van der Waals surface area contributed by atoms with Crippen molar-refractivity contribution in [1.82, 2.24) is 5.32 Å². The van der Waals surface area contributed by atoms with Gasteiger partial charge in [0.25, 0.3) is 5.91 Å². The minimum absolute atomic E-state index is 0.00600. The van der Waals surface area contributed by atoms with E-state index < -0.39 is 16.6 Å². The number of benzene rings is 2. The summed E-state index contributed by atoms with van der Waals surface area (Å²) in [6.07, 6.45) is 4.18. The van der Waals surface area contributed by atoms with Crippen LogP contribution in [-0.4, -0.2) is 34.3 Å². The van der Waals surface area contributed by atoms with E-state index in [0.29, 0.717) is 16.9 Å². The average molecular weight is 450 g/mol. The van der Waals surface area contributed by atoms with Gasteiger partial charge in [-0.3, -0.25) is 13.8 Å². The summed E-state index contributed by atoms with van der Waals surface area (Å²) in [6.45, 7) is -0.218. The second-order valence-electron chi connectivity index (χ2n) is 8.27. The van der Waals surface area contributed by atoms with Crippen LogP contribution in [0, 0.1) is 11.2 Å². The molecule has 5 nitrogen and oxygen atoms in total. The lowest BCUT2D eigenvalue weighted by molar-refractivity contribution is -0.164. The van der Waals surface area contributed by atoms with Crippen molar-refractivity contribution in [3.63, 3.8) is 0 Å². The van der Waals surface area contributed by atoms with Gasteiger partial charge in [0.1, 0.15) is 11.6 Å². The number of carbonyl (C=O) groups is 2. The summed E-state index contributed by atoms with van der Waals surface area (Å²) in [7, 11) is -1.22. The molecule has 1 amide bonds. The summed E-state index contributed by atoms with van der Waals surface area (Å²) in [5, 5.41) is 2.97. The molecule has 1 atom stereocenters. The minimum Gasteiger partial charge on any atom is -0.484 e. The van der Waals surface area contributed by atoms with Gasteiger partial charge in [-0.05, 0) is 42.9 Å². The third-order valence-corrected chi connectivity index (χ3v) is 7.12. The first kappa shape index (κ1) is 21.0. The third kappa shape index (κ3) is 4.01. The van der Waals surface area contributed by atoms with Crippen molar-refractivity contribution in [2.75, 3.05) is 12.9 Å². The fraction of sp³-hybridized carbons (Fsp3) is 0.364. The zero-order valence-electron chi connectivity index (χ0n) is 16.4. The van der Waals surface area contributed by atoms with Crippen LogP contribution < -0.4 is 10.1 Å². The predicted octanol–water partition coefficient (Wildman–Crippen LogP) is 3.91. The zero-order valence-corrected chi connectivity index (χ0v) is 17.9. The number of amides is 1. The van der Waals surface area contributed by atoms with E-state index in [2.05, 4.69) is 5.32 Å². The number of ketones is 1. The van der Waals surface area contributed by atoms with Gasteiger partial charge in [-0.1, -0.05) is 29.8 Å². The van der Waals surface area contributed by atoms with Crippen molar-refractivity contribution in [3.8, 4) is 5.75 Å². The Labute approximate surface area is 181 Å². The molecule has 30 heavy (non-hydrogen) atoms. The lowest BCUT2D eigenvalue weighted by Crippen LogP contribution is -2.75. The van der Waals surface area contributed by atoms with Gasteiger partial charge in [0, 0.05) is 34.7 Å². The maximum absolute atomic E-state index is 13.4. The van der Waals surface area contributed by atoms with Crippen molar-refractivity contribution in [1.29, 1.82) is 0 Å². The molecule has 3 aliphatic carbocycles. The molecule has 3 aliphatic rings. The first-order chi connectivity index (χ1) is 14.2. The van der Waals surface area contributed by atoms with Crippen LogP contribution in [0.25, 0.3) is 0 Å². The number of hydrogen-bond donors (Lipinski definition) is 1. The Morgan fingerprint density at radius 1 is 1.20 bits per heavy atom. The number of ether oxygens (including phenoxy) is 1. The van der Waals surface area contributed by atoms with Crippen LogP contribution >= 0.6 is 11.6 Å². The van der Waals surface area contributed by atoms with Crippen LogP contribution in [-0.2, 0) is 15.6 Å². The number of nitrogens with one attached hydrogen (secondary N) is 1. The fourth-order valence-corrected chi connectivity index (χ4v) is 5.63. The highest BCUT2D eigenvalue weighted by Crippen LogP contribution is 2.69. The second kappa shape index (κ2) is 7.78. The number of halogens is 2. The molecule has 2 aromatic rings. The third-order valence-electron chi connectivity index (χ3n) is 5.84. The van der Waals surface area contributed by atoms with E-state index in [1.54, 1.807) is 30.5 Å². The van der Waals surface area contributed by atoms with Gasteiger partial charge in [-0.2, -0.15) is 0 Å². The van der Waals surface area contributed by atoms with Crippen LogP contribution in [0.1, 0.15) is 36.0 Å². The maximum atomic E-state index is 13.4. The van der Waals surface area contributed by atoms with E-state index in [4.69, 9.17) is 16.3 Å². The van der Waals surface area contributed by atoms with Gasteiger partial charge in [0.2, 0.25) is 0 Å². The molecule has 5 rings (SSSR count). The summed E-state index contributed by atoms with van der Waals surface area (Å²) < 4.78 is 30.6. The Morgan fingerprint density at radius 3 is 2.57 bits per heavy atom. The summed E-state index contributed by atoms with van der Waals surface area (Å²) in [5.74, 6) is -0.655. The zero-order chi connectivity index (χ0) is 21.5. The highest BCUT2D eigenvalue weighted by Gasteiger charge is 2.68. The highest BCUT2D eigenvalue weighted by molar-refractivity contribution is 7.84. The van der Waals surface area contributed by atoms with Gasteiger partial charge >= 0.3 is 0 Å². The smallest absolute Gasteiger partial charge is 0.258 e. The topological polar surface area (TPSA) is 72.5 Å². The highest BCUT2D eigenvalue weighted by atomic mass is 35.5. The molecule has 0 aromatic heterocycles. The molecule has 1 unspecified atom stereocenters. The van der Waals surface area contributed by atoms with E-state index in [1.165, 1.54) is 12.1 Å². The standard InChI is InChI=1S/C22H21ClFNO4S/c1-30(28)19-5-3-2-4-15(19)18(26)9-21-11-22(12-21,13-21)25-20(27)10-29-14-6-7-16(23)17(24)8-14/h2-8H,9-13H2,1H3,(H,25,27). The van der Waals surface area contributed by atoms with E-state index in [9.17, 15) is 18.2 Å². The van der Waals surface area contributed by atoms with Crippen LogP contribution in [0.3, 0.4) is 0 Å². The predicted molar refractivity (Wildman–Crippen MR) is 112 cm³/mol. The van der Waals surface area contributed by atoms with Crippen molar-refractivity contribution in [3.05, 3.63) is 58.9 Å². The summed E-state index contributed by atoms with van der Waals surface area (Å²) in [4.78, 5) is 25.5.